The normalized spacial score (nSPS) is 12.3. The van der Waals surface area contributed by atoms with E-state index in [1.807, 2.05) is 36.4 Å². The highest BCUT2D eigenvalue weighted by Gasteiger charge is 2.23. The Morgan fingerprint density at radius 3 is 2.56 bits per heavy atom. The summed E-state index contributed by atoms with van der Waals surface area (Å²) in [6.45, 7) is 0. The van der Waals surface area contributed by atoms with Gasteiger partial charge in [-0.05, 0) is 23.3 Å². The van der Waals surface area contributed by atoms with E-state index in [9.17, 15) is 20.0 Å². The number of carboxylic acids is 1. The number of nitriles is 1. The van der Waals surface area contributed by atoms with Crippen LogP contribution in [0.2, 0.25) is 0 Å². The molecule has 0 radical (unpaired) electrons. The van der Waals surface area contributed by atoms with Gasteiger partial charge in [0.2, 0.25) is 0 Å². The maximum atomic E-state index is 12.4. The van der Waals surface area contributed by atoms with Gasteiger partial charge < -0.3 is 15.4 Å². The number of aliphatic carboxylic acids is 1. The lowest BCUT2D eigenvalue weighted by Crippen LogP contribution is -2.42. The second-order valence-electron chi connectivity index (χ2n) is 6.01. The Morgan fingerprint density at radius 2 is 1.85 bits per heavy atom. The molecule has 3 aromatic rings. The molecule has 6 heteroatoms. The number of para-hydroxylation sites is 1. The van der Waals surface area contributed by atoms with Gasteiger partial charge >= 0.3 is 5.97 Å². The van der Waals surface area contributed by atoms with Crippen molar-refractivity contribution in [3.05, 3.63) is 77.5 Å². The summed E-state index contributed by atoms with van der Waals surface area (Å²) in [6.07, 6.45) is 3.27. The predicted octanol–water partition coefficient (Wildman–Crippen LogP) is 2.89. The van der Waals surface area contributed by atoms with Crippen LogP contribution in [-0.4, -0.2) is 28.0 Å². The number of H-pyrrole nitrogens is 1. The lowest BCUT2D eigenvalue weighted by atomic mass is 10.0. The number of carbonyl (C=O) groups is 2. The molecule has 0 saturated carbocycles. The first-order valence-electron chi connectivity index (χ1n) is 8.34. The third-order valence-corrected chi connectivity index (χ3v) is 4.18. The topological polar surface area (TPSA) is 106 Å². The van der Waals surface area contributed by atoms with Crippen LogP contribution >= 0.6 is 0 Å². The van der Waals surface area contributed by atoms with E-state index in [1.54, 1.807) is 30.5 Å². The van der Waals surface area contributed by atoms with E-state index in [4.69, 9.17) is 0 Å². The van der Waals surface area contributed by atoms with Crippen molar-refractivity contribution in [1.29, 1.82) is 5.26 Å². The maximum Gasteiger partial charge on any atom is 0.326 e. The number of nitrogens with one attached hydrogen (secondary N) is 2. The molecule has 0 fully saturated rings. The molecule has 1 aromatic heterocycles. The molecular formula is C21H17N3O3. The summed E-state index contributed by atoms with van der Waals surface area (Å²) in [5, 5.41) is 22.1. The van der Waals surface area contributed by atoms with E-state index in [1.165, 1.54) is 6.08 Å². The Labute approximate surface area is 155 Å². The van der Waals surface area contributed by atoms with Gasteiger partial charge in [0.05, 0.1) is 0 Å². The zero-order chi connectivity index (χ0) is 19.2. The summed E-state index contributed by atoms with van der Waals surface area (Å²) in [7, 11) is 0. The molecule has 1 atom stereocenters. The van der Waals surface area contributed by atoms with Gasteiger partial charge in [0.25, 0.3) is 5.91 Å². The molecule has 134 valence electrons. The van der Waals surface area contributed by atoms with Crippen LogP contribution in [-0.2, 0) is 16.0 Å². The third kappa shape index (κ3) is 4.22. The van der Waals surface area contributed by atoms with E-state index in [-0.39, 0.29) is 12.0 Å². The van der Waals surface area contributed by atoms with Gasteiger partial charge in [-0.1, -0.05) is 48.5 Å². The van der Waals surface area contributed by atoms with Gasteiger partial charge in [0.15, 0.2) is 0 Å². The van der Waals surface area contributed by atoms with Crippen LogP contribution in [0.15, 0.2) is 66.4 Å². The first-order chi connectivity index (χ1) is 13.1. The summed E-state index contributed by atoms with van der Waals surface area (Å²) in [6, 6.07) is 17.1. The van der Waals surface area contributed by atoms with E-state index >= 15 is 0 Å². The molecule has 1 heterocycles. The highest BCUT2D eigenvalue weighted by molar-refractivity contribution is 6.03. The first kappa shape index (κ1) is 18.0. The van der Waals surface area contributed by atoms with Gasteiger partial charge in [0.1, 0.15) is 17.7 Å². The molecule has 3 rings (SSSR count). The molecule has 0 saturated heterocycles. The molecule has 0 aliphatic rings. The standard InChI is InChI=1S/C21H17N3O3/c22-12-15(10-14-6-2-1-3-7-14)20(25)24-19(21(26)27)11-16-13-23-18-9-5-4-8-17(16)18/h1-10,13,19,23H,11H2,(H,24,25)(H,26,27)/t19-/m0/s1. The third-order valence-electron chi connectivity index (χ3n) is 4.18. The van der Waals surface area contributed by atoms with Crippen molar-refractivity contribution in [1.82, 2.24) is 10.3 Å². The highest BCUT2D eigenvalue weighted by Crippen LogP contribution is 2.19. The summed E-state index contributed by atoms with van der Waals surface area (Å²) in [5.41, 5.74) is 2.22. The van der Waals surface area contributed by atoms with Crippen molar-refractivity contribution < 1.29 is 14.7 Å². The average molecular weight is 359 g/mol. The monoisotopic (exact) mass is 359 g/mol. The molecule has 0 aliphatic heterocycles. The number of hydrogen-bond acceptors (Lipinski definition) is 3. The largest absolute Gasteiger partial charge is 0.480 e. The van der Waals surface area contributed by atoms with Gasteiger partial charge in [-0.3, -0.25) is 4.79 Å². The molecule has 0 bridgehead atoms. The SMILES string of the molecule is N#CC(=Cc1ccccc1)C(=O)N[C@@H](Cc1c[nH]c2ccccc12)C(=O)O. The summed E-state index contributed by atoms with van der Waals surface area (Å²) < 4.78 is 0. The van der Waals surface area contributed by atoms with E-state index in [2.05, 4.69) is 10.3 Å². The first-order valence-corrected chi connectivity index (χ1v) is 8.34. The van der Waals surface area contributed by atoms with Crippen molar-refractivity contribution in [3.63, 3.8) is 0 Å². The number of nitrogens with zero attached hydrogens (tertiary/aromatic N) is 1. The predicted molar refractivity (Wildman–Crippen MR) is 102 cm³/mol. The van der Waals surface area contributed by atoms with Gasteiger partial charge in [-0.2, -0.15) is 5.26 Å². The van der Waals surface area contributed by atoms with E-state index in [0.717, 1.165) is 16.5 Å². The fourth-order valence-corrected chi connectivity index (χ4v) is 2.82. The van der Waals surface area contributed by atoms with Gasteiger partial charge in [-0.15, -0.1) is 0 Å². The number of rotatable bonds is 6. The zero-order valence-electron chi connectivity index (χ0n) is 14.3. The quantitative estimate of drug-likeness (QED) is 0.465. The van der Waals surface area contributed by atoms with Crippen LogP contribution in [0.25, 0.3) is 17.0 Å². The minimum atomic E-state index is -1.16. The fraction of sp³-hybridized carbons (Fsp3) is 0.0952. The van der Waals surface area contributed by atoms with Crippen LogP contribution in [0.5, 0.6) is 0 Å². The number of carbonyl (C=O) groups excluding carboxylic acids is 1. The molecular weight excluding hydrogens is 342 g/mol. The molecule has 27 heavy (non-hydrogen) atoms. The van der Waals surface area contributed by atoms with Crippen molar-refractivity contribution >= 4 is 28.9 Å². The van der Waals surface area contributed by atoms with Gasteiger partial charge in [0, 0.05) is 23.5 Å². The summed E-state index contributed by atoms with van der Waals surface area (Å²) in [5.74, 6) is -1.88. The number of benzene rings is 2. The number of fused-ring (bicyclic) bond motifs is 1. The van der Waals surface area contributed by atoms with Crippen molar-refractivity contribution in [3.8, 4) is 6.07 Å². The Balaban J connectivity index is 1.79. The minimum Gasteiger partial charge on any atom is -0.480 e. The Kier molecular flexibility index (Phi) is 5.33. The number of amides is 1. The van der Waals surface area contributed by atoms with E-state index < -0.39 is 17.9 Å². The van der Waals surface area contributed by atoms with E-state index in [0.29, 0.717) is 5.56 Å². The van der Waals surface area contributed by atoms with Crippen LogP contribution in [0.1, 0.15) is 11.1 Å². The Bertz CT molecular complexity index is 1050. The summed E-state index contributed by atoms with van der Waals surface area (Å²) in [4.78, 5) is 27.1. The number of aromatic amines is 1. The van der Waals surface area contributed by atoms with Crippen molar-refractivity contribution in [2.75, 3.05) is 0 Å². The molecule has 0 aliphatic carbocycles. The van der Waals surface area contributed by atoms with Crippen molar-refractivity contribution in [2.24, 2.45) is 0 Å². The van der Waals surface area contributed by atoms with Crippen LogP contribution in [0.4, 0.5) is 0 Å². The smallest absolute Gasteiger partial charge is 0.326 e. The number of aromatic nitrogens is 1. The Morgan fingerprint density at radius 1 is 1.15 bits per heavy atom. The molecule has 6 nitrogen and oxygen atoms in total. The number of hydrogen-bond donors (Lipinski definition) is 3. The lowest BCUT2D eigenvalue weighted by Gasteiger charge is -2.14. The molecule has 3 N–H and O–H groups in total. The van der Waals surface area contributed by atoms with Crippen LogP contribution < -0.4 is 5.32 Å². The van der Waals surface area contributed by atoms with Crippen LogP contribution in [0, 0.1) is 11.3 Å². The molecule has 0 spiro atoms. The molecule has 1 amide bonds. The lowest BCUT2D eigenvalue weighted by molar-refractivity contribution is -0.141. The highest BCUT2D eigenvalue weighted by atomic mass is 16.4. The number of carboxylic acid groups (broad SMARTS) is 1. The summed E-state index contributed by atoms with van der Waals surface area (Å²) >= 11 is 0. The molecule has 2 aromatic carbocycles. The average Bonchev–Trinajstić information content (AvgIpc) is 3.09. The minimum absolute atomic E-state index is 0.106. The van der Waals surface area contributed by atoms with Crippen LogP contribution in [0.3, 0.4) is 0 Å². The second-order valence-corrected chi connectivity index (χ2v) is 6.01. The zero-order valence-corrected chi connectivity index (χ0v) is 14.3. The fourth-order valence-electron chi connectivity index (χ4n) is 2.82. The van der Waals surface area contributed by atoms with Gasteiger partial charge in [-0.25, -0.2) is 4.79 Å². The molecule has 0 unspecified atom stereocenters. The maximum absolute atomic E-state index is 12.4. The van der Waals surface area contributed by atoms with Crippen molar-refractivity contribution in [2.45, 2.75) is 12.5 Å². The Hall–Kier alpha value is -3.85. The second kappa shape index (κ2) is 8.02.